The van der Waals surface area contributed by atoms with E-state index in [-0.39, 0.29) is 22.7 Å². The average Bonchev–Trinajstić information content (AvgIpc) is 3.23. The summed E-state index contributed by atoms with van der Waals surface area (Å²) in [6.07, 6.45) is 1.52. The van der Waals surface area contributed by atoms with Gasteiger partial charge in [-0.15, -0.1) is 11.3 Å². The Labute approximate surface area is 139 Å². The molecule has 0 bridgehead atoms. The Hall–Kier alpha value is -3.20. The first kappa shape index (κ1) is 15.7. The molecule has 8 nitrogen and oxygen atoms in total. The van der Waals surface area contributed by atoms with Crippen molar-refractivity contribution in [1.82, 2.24) is 10.1 Å². The van der Waals surface area contributed by atoms with E-state index in [4.69, 9.17) is 9.26 Å². The van der Waals surface area contributed by atoms with Crippen LogP contribution < -0.4 is 10.1 Å². The third-order valence-corrected chi connectivity index (χ3v) is 3.88. The monoisotopic (exact) mass is 345 g/mol. The van der Waals surface area contributed by atoms with Crippen LogP contribution in [0.2, 0.25) is 0 Å². The van der Waals surface area contributed by atoms with Gasteiger partial charge in [-0.25, -0.2) is 9.78 Å². The molecule has 0 spiro atoms. The topological polar surface area (TPSA) is 115 Å². The number of carboxylic acids is 1. The van der Waals surface area contributed by atoms with Gasteiger partial charge in [-0.05, 0) is 18.2 Å². The first-order valence-electron chi connectivity index (χ1n) is 6.68. The number of ether oxygens (including phenoxy) is 1. The van der Waals surface area contributed by atoms with Gasteiger partial charge in [-0.3, -0.25) is 10.1 Å². The fraction of sp³-hybridized carbons (Fsp3) is 0.0667. The summed E-state index contributed by atoms with van der Waals surface area (Å²) < 4.78 is 10.1. The van der Waals surface area contributed by atoms with Gasteiger partial charge in [-0.1, -0.05) is 11.2 Å². The molecule has 122 valence electrons. The Bertz CT molecular complexity index is 888. The molecule has 1 aromatic carbocycles. The van der Waals surface area contributed by atoms with E-state index in [1.165, 1.54) is 30.7 Å². The maximum atomic E-state index is 12.3. The van der Waals surface area contributed by atoms with E-state index in [2.05, 4.69) is 15.5 Å². The zero-order chi connectivity index (χ0) is 17.1. The van der Waals surface area contributed by atoms with Crippen LogP contribution in [-0.2, 0) is 0 Å². The van der Waals surface area contributed by atoms with Crippen molar-refractivity contribution in [3.63, 3.8) is 0 Å². The number of aromatic carboxylic acids is 1. The van der Waals surface area contributed by atoms with Crippen molar-refractivity contribution in [3.05, 3.63) is 47.0 Å². The molecule has 0 aliphatic heterocycles. The van der Waals surface area contributed by atoms with E-state index in [0.29, 0.717) is 10.8 Å². The van der Waals surface area contributed by atoms with Crippen LogP contribution in [0.1, 0.15) is 20.7 Å². The van der Waals surface area contributed by atoms with E-state index >= 15 is 0 Å². The molecule has 0 saturated heterocycles. The van der Waals surface area contributed by atoms with Crippen molar-refractivity contribution in [2.75, 3.05) is 12.4 Å². The van der Waals surface area contributed by atoms with Gasteiger partial charge in [0.1, 0.15) is 10.8 Å². The lowest BCUT2D eigenvalue weighted by Crippen LogP contribution is -2.14. The van der Waals surface area contributed by atoms with Gasteiger partial charge in [0.15, 0.2) is 11.3 Å². The first-order valence-corrected chi connectivity index (χ1v) is 7.56. The molecule has 3 rings (SSSR count). The SMILES string of the molecule is COc1cccc(C(=O)Nc2onc(-c3nccs3)c2C(=O)O)c1. The third-order valence-electron chi connectivity index (χ3n) is 3.10. The van der Waals surface area contributed by atoms with Crippen molar-refractivity contribution < 1.29 is 24.0 Å². The number of hydrogen-bond acceptors (Lipinski definition) is 7. The number of aromatic nitrogens is 2. The van der Waals surface area contributed by atoms with Crippen molar-refractivity contribution in [2.45, 2.75) is 0 Å². The summed E-state index contributed by atoms with van der Waals surface area (Å²) in [5.41, 5.74) is 0.109. The molecule has 0 unspecified atom stereocenters. The van der Waals surface area contributed by atoms with Gasteiger partial charge < -0.3 is 14.4 Å². The Kier molecular flexibility index (Phi) is 4.25. The lowest BCUT2D eigenvalue weighted by Gasteiger charge is -2.04. The van der Waals surface area contributed by atoms with Crippen LogP contribution in [0.3, 0.4) is 0 Å². The molecule has 0 atom stereocenters. The number of carboxylic acid groups (broad SMARTS) is 1. The van der Waals surface area contributed by atoms with Crippen molar-refractivity contribution >= 4 is 29.1 Å². The Morgan fingerprint density at radius 1 is 1.38 bits per heavy atom. The van der Waals surface area contributed by atoms with Gasteiger partial charge in [0, 0.05) is 17.1 Å². The predicted octanol–water partition coefficient (Wildman–Crippen LogP) is 2.76. The van der Waals surface area contributed by atoms with Crippen LogP contribution >= 0.6 is 11.3 Å². The number of hydrogen-bond donors (Lipinski definition) is 2. The highest BCUT2D eigenvalue weighted by molar-refractivity contribution is 7.13. The molecule has 24 heavy (non-hydrogen) atoms. The second-order valence-corrected chi connectivity index (χ2v) is 5.46. The van der Waals surface area contributed by atoms with Gasteiger partial charge in [0.25, 0.3) is 5.91 Å². The Morgan fingerprint density at radius 3 is 2.88 bits per heavy atom. The Balaban J connectivity index is 1.92. The van der Waals surface area contributed by atoms with E-state index in [1.54, 1.807) is 23.6 Å². The second kappa shape index (κ2) is 6.50. The molecular weight excluding hydrogens is 334 g/mol. The van der Waals surface area contributed by atoms with Gasteiger partial charge >= 0.3 is 5.97 Å². The number of anilines is 1. The summed E-state index contributed by atoms with van der Waals surface area (Å²) in [5.74, 6) is -1.57. The van der Waals surface area contributed by atoms with E-state index in [1.807, 2.05) is 0 Å². The number of nitrogens with one attached hydrogen (secondary N) is 1. The molecule has 2 N–H and O–H groups in total. The number of carbonyl (C=O) groups is 2. The summed E-state index contributed by atoms with van der Waals surface area (Å²) >= 11 is 1.21. The fourth-order valence-corrected chi connectivity index (χ4v) is 2.62. The largest absolute Gasteiger partial charge is 0.497 e. The lowest BCUT2D eigenvalue weighted by atomic mass is 10.2. The highest BCUT2D eigenvalue weighted by Gasteiger charge is 2.26. The standard InChI is InChI=1S/C15H11N3O5S/c1-22-9-4-2-3-8(7-9)12(19)17-13-10(15(20)21)11(18-23-13)14-16-5-6-24-14/h2-7H,1H3,(H,17,19)(H,20,21). The minimum absolute atomic E-state index is 0.0680. The van der Waals surface area contributed by atoms with Crippen LogP contribution in [0.5, 0.6) is 5.75 Å². The van der Waals surface area contributed by atoms with E-state index in [9.17, 15) is 14.7 Å². The third kappa shape index (κ3) is 2.97. The normalized spacial score (nSPS) is 10.4. The van der Waals surface area contributed by atoms with Crippen LogP contribution in [-0.4, -0.2) is 34.2 Å². The maximum Gasteiger partial charge on any atom is 0.343 e. The highest BCUT2D eigenvalue weighted by Crippen LogP contribution is 2.30. The van der Waals surface area contributed by atoms with Crippen LogP contribution in [0, 0.1) is 0 Å². The highest BCUT2D eigenvalue weighted by atomic mass is 32.1. The molecule has 2 aromatic heterocycles. The molecule has 0 saturated carbocycles. The summed E-state index contributed by atoms with van der Waals surface area (Å²) in [5, 5.41) is 17.6. The number of thiazole rings is 1. The first-order chi connectivity index (χ1) is 11.6. The number of rotatable bonds is 5. The molecule has 0 fully saturated rings. The smallest absolute Gasteiger partial charge is 0.343 e. The van der Waals surface area contributed by atoms with E-state index in [0.717, 1.165) is 0 Å². The minimum Gasteiger partial charge on any atom is -0.497 e. The minimum atomic E-state index is -1.28. The number of amides is 1. The van der Waals surface area contributed by atoms with Crippen LogP contribution in [0.15, 0.2) is 40.4 Å². The molecule has 2 heterocycles. The summed E-state index contributed by atoms with van der Waals surface area (Å²) in [6.45, 7) is 0. The van der Waals surface area contributed by atoms with Gasteiger partial charge in [0.2, 0.25) is 5.88 Å². The molecule has 3 aromatic rings. The van der Waals surface area contributed by atoms with Crippen LogP contribution in [0.4, 0.5) is 5.88 Å². The fourth-order valence-electron chi connectivity index (χ4n) is 2.00. The summed E-state index contributed by atoms with van der Waals surface area (Å²) in [4.78, 5) is 27.8. The lowest BCUT2D eigenvalue weighted by molar-refractivity contribution is 0.0698. The zero-order valence-corrected chi connectivity index (χ0v) is 13.2. The number of nitrogens with zero attached hydrogens (tertiary/aromatic N) is 2. The number of benzene rings is 1. The molecule has 0 aliphatic carbocycles. The molecule has 9 heteroatoms. The Morgan fingerprint density at radius 2 is 2.21 bits per heavy atom. The van der Waals surface area contributed by atoms with Crippen molar-refractivity contribution in [1.29, 1.82) is 0 Å². The van der Waals surface area contributed by atoms with Gasteiger partial charge in [-0.2, -0.15) is 0 Å². The second-order valence-electron chi connectivity index (χ2n) is 4.56. The van der Waals surface area contributed by atoms with Crippen molar-refractivity contribution in [3.8, 4) is 16.5 Å². The maximum absolute atomic E-state index is 12.3. The van der Waals surface area contributed by atoms with Crippen molar-refractivity contribution in [2.24, 2.45) is 0 Å². The predicted molar refractivity (Wildman–Crippen MR) is 85.5 cm³/mol. The molecule has 0 aliphatic rings. The summed E-state index contributed by atoms with van der Waals surface area (Å²) in [6, 6.07) is 6.42. The molecule has 0 radical (unpaired) electrons. The number of carbonyl (C=O) groups excluding carboxylic acids is 1. The van der Waals surface area contributed by atoms with Crippen LogP contribution in [0.25, 0.3) is 10.7 Å². The zero-order valence-electron chi connectivity index (χ0n) is 12.3. The number of methoxy groups -OCH3 is 1. The average molecular weight is 345 g/mol. The van der Waals surface area contributed by atoms with Gasteiger partial charge in [0.05, 0.1) is 7.11 Å². The molecule has 1 amide bonds. The van der Waals surface area contributed by atoms with E-state index < -0.39 is 11.9 Å². The molecular formula is C15H11N3O5S. The summed E-state index contributed by atoms with van der Waals surface area (Å²) in [7, 11) is 1.48. The quantitative estimate of drug-likeness (QED) is 0.730.